The summed E-state index contributed by atoms with van der Waals surface area (Å²) in [6.07, 6.45) is 1.06. The number of halogens is 2. The number of rotatable bonds is 6. The third-order valence-corrected chi connectivity index (χ3v) is 5.86. The van der Waals surface area contributed by atoms with Crippen LogP contribution >= 0.6 is 15.9 Å². The first-order valence-corrected chi connectivity index (χ1v) is 11.3. The molecule has 0 bridgehead atoms. The van der Waals surface area contributed by atoms with Crippen LogP contribution in [0.5, 0.6) is 0 Å². The standard InChI is InChI=1S/C21H18BrFN2O3S/c1-29(27,28)25(14-16-4-2-3-5-20(16)23)19-12-6-15(7-13-19)21(26)24-18-10-8-17(22)9-11-18/h2-13H,14H2,1H3,(H,24,26). The van der Waals surface area contributed by atoms with Crippen molar-refractivity contribution in [2.45, 2.75) is 6.54 Å². The summed E-state index contributed by atoms with van der Waals surface area (Å²) >= 11 is 3.33. The predicted molar refractivity (Wildman–Crippen MR) is 116 cm³/mol. The summed E-state index contributed by atoms with van der Waals surface area (Å²) in [5.41, 5.74) is 1.61. The first kappa shape index (κ1) is 21.0. The first-order chi connectivity index (χ1) is 13.7. The summed E-state index contributed by atoms with van der Waals surface area (Å²) in [5, 5.41) is 2.77. The van der Waals surface area contributed by atoms with Crippen molar-refractivity contribution in [1.29, 1.82) is 0 Å². The number of hydrogen-bond donors (Lipinski definition) is 1. The van der Waals surface area contributed by atoms with E-state index in [9.17, 15) is 17.6 Å². The summed E-state index contributed by atoms with van der Waals surface area (Å²) in [6.45, 7) is -0.143. The zero-order valence-corrected chi connectivity index (χ0v) is 17.9. The van der Waals surface area contributed by atoms with Crippen LogP contribution in [0, 0.1) is 5.82 Å². The quantitative estimate of drug-likeness (QED) is 0.555. The molecule has 0 spiro atoms. The Kier molecular flexibility index (Phi) is 6.34. The normalized spacial score (nSPS) is 11.1. The van der Waals surface area contributed by atoms with Crippen LogP contribution in [-0.4, -0.2) is 20.6 Å². The molecule has 0 aromatic heterocycles. The van der Waals surface area contributed by atoms with Crippen molar-refractivity contribution in [1.82, 2.24) is 0 Å². The molecule has 0 atom stereocenters. The van der Waals surface area contributed by atoms with E-state index in [0.717, 1.165) is 15.0 Å². The second kappa shape index (κ2) is 8.75. The van der Waals surface area contributed by atoms with Gasteiger partial charge in [0.15, 0.2) is 0 Å². The average Bonchev–Trinajstić information content (AvgIpc) is 2.68. The van der Waals surface area contributed by atoms with Crippen molar-refractivity contribution in [2.75, 3.05) is 15.9 Å². The van der Waals surface area contributed by atoms with Crippen molar-refractivity contribution in [3.63, 3.8) is 0 Å². The Morgan fingerprint density at radius 3 is 2.21 bits per heavy atom. The van der Waals surface area contributed by atoms with Crippen LogP contribution in [-0.2, 0) is 16.6 Å². The van der Waals surface area contributed by atoms with Gasteiger partial charge in [0.2, 0.25) is 10.0 Å². The number of carbonyl (C=O) groups is 1. The van der Waals surface area contributed by atoms with E-state index in [1.54, 1.807) is 24.3 Å². The van der Waals surface area contributed by atoms with Gasteiger partial charge in [-0.3, -0.25) is 9.10 Å². The fourth-order valence-electron chi connectivity index (χ4n) is 2.70. The first-order valence-electron chi connectivity index (χ1n) is 8.62. The van der Waals surface area contributed by atoms with Crippen LogP contribution < -0.4 is 9.62 Å². The molecule has 150 valence electrons. The van der Waals surface area contributed by atoms with E-state index >= 15 is 0 Å². The average molecular weight is 477 g/mol. The SMILES string of the molecule is CS(=O)(=O)N(Cc1ccccc1F)c1ccc(C(=O)Nc2ccc(Br)cc2)cc1. The maximum Gasteiger partial charge on any atom is 0.255 e. The zero-order valence-electron chi connectivity index (χ0n) is 15.5. The van der Waals surface area contributed by atoms with Crippen molar-refractivity contribution in [3.05, 3.63) is 94.2 Å². The van der Waals surface area contributed by atoms with E-state index in [-0.39, 0.29) is 18.0 Å². The minimum atomic E-state index is -3.66. The maximum absolute atomic E-state index is 14.0. The lowest BCUT2D eigenvalue weighted by Crippen LogP contribution is -2.29. The van der Waals surface area contributed by atoms with Crippen LogP contribution in [0.2, 0.25) is 0 Å². The highest BCUT2D eigenvalue weighted by molar-refractivity contribution is 9.10. The number of benzene rings is 3. The number of nitrogens with one attached hydrogen (secondary N) is 1. The van der Waals surface area contributed by atoms with Gasteiger partial charge in [-0.1, -0.05) is 34.1 Å². The van der Waals surface area contributed by atoms with E-state index < -0.39 is 15.8 Å². The number of sulfonamides is 1. The summed E-state index contributed by atoms with van der Waals surface area (Å²) < 4.78 is 40.5. The summed E-state index contributed by atoms with van der Waals surface area (Å²) in [4.78, 5) is 12.4. The summed E-state index contributed by atoms with van der Waals surface area (Å²) in [7, 11) is -3.66. The van der Waals surface area contributed by atoms with Crippen molar-refractivity contribution < 1.29 is 17.6 Å². The lowest BCUT2D eigenvalue weighted by Gasteiger charge is -2.23. The van der Waals surface area contributed by atoms with Crippen LogP contribution in [0.15, 0.2) is 77.3 Å². The number of hydrogen-bond acceptors (Lipinski definition) is 3. The number of anilines is 2. The molecular weight excluding hydrogens is 459 g/mol. The summed E-state index contributed by atoms with van der Waals surface area (Å²) in [5.74, 6) is -0.800. The molecule has 0 aliphatic carbocycles. The Hall–Kier alpha value is -2.71. The van der Waals surface area contributed by atoms with Gasteiger partial charge < -0.3 is 5.32 Å². The molecule has 29 heavy (non-hydrogen) atoms. The van der Waals surface area contributed by atoms with E-state index in [2.05, 4.69) is 21.2 Å². The molecule has 1 amide bonds. The number of nitrogens with zero attached hydrogens (tertiary/aromatic N) is 1. The Morgan fingerprint density at radius 2 is 1.62 bits per heavy atom. The molecule has 1 N–H and O–H groups in total. The molecule has 3 rings (SSSR count). The molecule has 5 nitrogen and oxygen atoms in total. The molecule has 0 fully saturated rings. The monoisotopic (exact) mass is 476 g/mol. The second-order valence-corrected chi connectivity index (χ2v) is 9.19. The second-order valence-electron chi connectivity index (χ2n) is 6.37. The molecule has 0 saturated heterocycles. The highest BCUT2D eigenvalue weighted by Gasteiger charge is 2.20. The topological polar surface area (TPSA) is 66.5 Å². The van der Waals surface area contributed by atoms with Gasteiger partial charge in [-0.2, -0.15) is 0 Å². The Bertz CT molecular complexity index is 1120. The molecular formula is C21H18BrFN2O3S. The largest absolute Gasteiger partial charge is 0.322 e. The fourth-order valence-corrected chi connectivity index (χ4v) is 3.84. The minimum Gasteiger partial charge on any atom is -0.322 e. The van der Waals surface area contributed by atoms with Gasteiger partial charge >= 0.3 is 0 Å². The number of carbonyl (C=O) groups excluding carboxylic acids is 1. The molecule has 0 saturated carbocycles. The lowest BCUT2D eigenvalue weighted by molar-refractivity contribution is 0.102. The molecule has 8 heteroatoms. The number of amides is 1. The van der Waals surface area contributed by atoms with Gasteiger partial charge in [0.05, 0.1) is 18.5 Å². The summed E-state index contributed by atoms with van der Waals surface area (Å²) in [6, 6.07) is 19.3. The van der Waals surface area contributed by atoms with Crippen molar-refractivity contribution in [3.8, 4) is 0 Å². The molecule has 3 aromatic rings. The smallest absolute Gasteiger partial charge is 0.255 e. The van der Waals surface area contributed by atoms with Crippen molar-refractivity contribution in [2.24, 2.45) is 0 Å². The molecule has 0 aliphatic heterocycles. The molecule has 3 aromatic carbocycles. The fraction of sp³-hybridized carbons (Fsp3) is 0.0952. The van der Waals surface area contributed by atoms with Crippen LogP contribution in [0.4, 0.5) is 15.8 Å². The van der Waals surface area contributed by atoms with Gasteiger partial charge in [-0.15, -0.1) is 0 Å². The van der Waals surface area contributed by atoms with Crippen LogP contribution in [0.3, 0.4) is 0 Å². The maximum atomic E-state index is 14.0. The third-order valence-electron chi connectivity index (χ3n) is 4.19. The highest BCUT2D eigenvalue weighted by Crippen LogP contribution is 2.23. The van der Waals surface area contributed by atoms with Gasteiger partial charge in [0.1, 0.15) is 5.82 Å². The highest BCUT2D eigenvalue weighted by atomic mass is 79.9. The third kappa shape index (κ3) is 5.42. The van der Waals surface area contributed by atoms with E-state index in [0.29, 0.717) is 16.9 Å². The van der Waals surface area contributed by atoms with E-state index in [1.807, 2.05) is 12.1 Å². The van der Waals surface area contributed by atoms with E-state index in [4.69, 9.17) is 0 Å². The lowest BCUT2D eigenvalue weighted by atomic mass is 10.1. The van der Waals surface area contributed by atoms with E-state index in [1.165, 1.54) is 36.4 Å². The Labute approximate surface area is 177 Å². The zero-order chi connectivity index (χ0) is 21.0. The van der Waals surface area contributed by atoms with Crippen LogP contribution in [0.1, 0.15) is 15.9 Å². The Balaban J connectivity index is 1.81. The van der Waals surface area contributed by atoms with Gasteiger partial charge in [0, 0.05) is 21.3 Å². The predicted octanol–water partition coefficient (Wildman–Crippen LogP) is 4.81. The molecule has 0 heterocycles. The van der Waals surface area contributed by atoms with Gasteiger partial charge in [-0.25, -0.2) is 12.8 Å². The van der Waals surface area contributed by atoms with Gasteiger partial charge in [0.25, 0.3) is 5.91 Å². The molecule has 0 unspecified atom stereocenters. The Morgan fingerprint density at radius 1 is 1.00 bits per heavy atom. The molecule has 0 radical (unpaired) electrons. The van der Waals surface area contributed by atoms with Crippen LogP contribution in [0.25, 0.3) is 0 Å². The van der Waals surface area contributed by atoms with Gasteiger partial charge in [-0.05, 0) is 54.6 Å². The molecule has 0 aliphatic rings. The van der Waals surface area contributed by atoms with Crippen molar-refractivity contribution >= 4 is 43.2 Å². The minimum absolute atomic E-state index is 0.143.